The van der Waals surface area contributed by atoms with Crippen LogP contribution in [0.1, 0.15) is 18.4 Å². The minimum Gasteiger partial charge on any atom is -0.0767 e. The highest BCUT2D eigenvalue weighted by molar-refractivity contribution is 5.37. The Morgan fingerprint density at radius 1 is 1.08 bits per heavy atom. The average molecular weight is 168 g/mol. The number of rotatable bonds is 1. The lowest BCUT2D eigenvalue weighted by Gasteiger charge is -2.13. The van der Waals surface area contributed by atoms with Crippen LogP contribution in [0.5, 0.6) is 0 Å². The maximum atomic E-state index is 3.03. The highest BCUT2D eigenvalue weighted by Crippen LogP contribution is 2.24. The van der Waals surface area contributed by atoms with Gasteiger partial charge in [0.25, 0.3) is 0 Å². The van der Waals surface area contributed by atoms with Gasteiger partial charge in [0, 0.05) is 11.8 Å². The molecular formula is C13H12. The molecule has 1 aliphatic rings. The SMILES string of the molecule is C[C]1C=CC(c2cc[c]cc2)C=C1. The van der Waals surface area contributed by atoms with Crippen molar-refractivity contribution in [3.8, 4) is 0 Å². The van der Waals surface area contributed by atoms with E-state index in [2.05, 4.69) is 49.4 Å². The topological polar surface area (TPSA) is 0 Å². The largest absolute Gasteiger partial charge is 0.0767 e. The zero-order valence-corrected chi connectivity index (χ0v) is 7.70. The van der Waals surface area contributed by atoms with Crippen LogP contribution in [0, 0.1) is 12.0 Å². The lowest BCUT2D eigenvalue weighted by Crippen LogP contribution is -1.96. The van der Waals surface area contributed by atoms with Gasteiger partial charge in [-0.05, 0) is 11.6 Å². The van der Waals surface area contributed by atoms with Crippen molar-refractivity contribution in [3.05, 3.63) is 66.1 Å². The lowest BCUT2D eigenvalue weighted by atomic mass is 9.92. The van der Waals surface area contributed by atoms with E-state index in [1.54, 1.807) is 0 Å². The molecule has 0 amide bonds. The van der Waals surface area contributed by atoms with Gasteiger partial charge in [0.05, 0.1) is 0 Å². The van der Waals surface area contributed by atoms with Crippen molar-refractivity contribution in [1.29, 1.82) is 0 Å². The molecule has 13 heavy (non-hydrogen) atoms. The van der Waals surface area contributed by atoms with E-state index in [4.69, 9.17) is 0 Å². The molecule has 1 aromatic carbocycles. The van der Waals surface area contributed by atoms with E-state index in [9.17, 15) is 0 Å². The van der Waals surface area contributed by atoms with Crippen molar-refractivity contribution in [2.45, 2.75) is 12.8 Å². The quantitative estimate of drug-likeness (QED) is 0.603. The first kappa shape index (κ1) is 8.31. The maximum Gasteiger partial charge on any atom is 0.0199 e. The summed E-state index contributed by atoms with van der Waals surface area (Å²) >= 11 is 0. The van der Waals surface area contributed by atoms with Gasteiger partial charge in [0.2, 0.25) is 0 Å². The third kappa shape index (κ3) is 1.89. The number of benzene rings is 1. The van der Waals surface area contributed by atoms with E-state index in [0.717, 1.165) is 0 Å². The van der Waals surface area contributed by atoms with Crippen LogP contribution in [0.4, 0.5) is 0 Å². The average Bonchev–Trinajstić information content (AvgIpc) is 2.20. The van der Waals surface area contributed by atoms with Gasteiger partial charge in [0.1, 0.15) is 0 Å². The fraction of sp³-hybridized carbons (Fsp3) is 0.154. The summed E-state index contributed by atoms with van der Waals surface area (Å²) in [4.78, 5) is 0. The van der Waals surface area contributed by atoms with Crippen molar-refractivity contribution in [1.82, 2.24) is 0 Å². The highest BCUT2D eigenvalue weighted by Gasteiger charge is 2.07. The lowest BCUT2D eigenvalue weighted by molar-refractivity contribution is 1.04. The summed E-state index contributed by atoms with van der Waals surface area (Å²) in [5, 5.41) is 0. The molecule has 0 saturated carbocycles. The number of hydrogen-bond acceptors (Lipinski definition) is 0. The van der Waals surface area contributed by atoms with Crippen LogP contribution in [-0.4, -0.2) is 0 Å². The van der Waals surface area contributed by atoms with Gasteiger partial charge >= 0.3 is 0 Å². The summed E-state index contributed by atoms with van der Waals surface area (Å²) in [5.74, 6) is 1.76. The van der Waals surface area contributed by atoms with Crippen molar-refractivity contribution < 1.29 is 0 Å². The molecule has 0 fully saturated rings. The van der Waals surface area contributed by atoms with E-state index < -0.39 is 0 Å². The molecule has 0 heterocycles. The smallest absolute Gasteiger partial charge is 0.0199 e. The molecule has 2 radical (unpaired) electrons. The maximum absolute atomic E-state index is 3.03. The van der Waals surface area contributed by atoms with E-state index >= 15 is 0 Å². The van der Waals surface area contributed by atoms with Crippen molar-refractivity contribution in [2.24, 2.45) is 0 Å². The van der Waals surface area contributed by atoms with Crippen LogP contribution in [-0.2, 0) is 0 Å². The minimum absolute atomic E-state index is 0.443. The summed E-state index contributed by atoms with van der Waals surface area (Å²) in [7, 11) is 0. The summed E-state index contributed by atoms with van der Waals surface area (Å²) in [6.07, 6.45) is 8.79. The third-order valence-corrected chi connectivity index (χ3v) is 2.26. The molecule has 0 unspecified atom stereocenters. The molecule has 2 rings (SSSR count). The molecule has 1 aromatic rings. The zero-order chi connectivity index (χ0) is 9.10. The monoisotopic (exact) mass is 168 g/mol. The zero-order valence-electron chi connectivity index (χ0n) is 7.70. The standard InChI is InChI=1S/C13H12/c1-11-7-9-13(10-8-11)12-5-3-2-4-6-12/h3-10,13H,1H3. The van der Waals surface area contributed by atoms with Crippen LogP contribution in [0.2, 0.25) is 0 Å². The Kier molecular flexibility index (Phi) is 2.31. The summed E-state index contributed by atoms with van der Waals surface area (Å²) < 4.78 is 0. The van der Waals surface area contributed by atoms with Gasteiger partial charge in [-0.3, -0.25) is 0 Å². The van der Waals surface area contributed by atoms with Gasteiger partial charge in [-0.2, -0.15) is 0 Å². The van der Waals surface area contributed by atoms with Gasteiger partial charge in [-0.25, -0.2) is 0 Å². The number of hydrogen-bond donors (Lipinski definition) is 0. The van der Waals surface area contributed by atoms with E-state index in [-0.39, 0.29) is 0 Å². The Labute approximate surface area is 79.6 Å². The van der Waals surface area contributed by atoms with Crippen LogP contribution in [0.3, 0.4) is 0 Å². The van der Waals surface area contributed by atoms with Crippen LogP contribution < -0.4 is 0 Å². The molecule has 0 nitrogen and oxygen atoms in total. The van der Waals surface area contributed by atoms with Crippen molar-refractivity contribution in [2.75, 3.05) is 0 Å². The fourth-order valence-corrected chi connectivity index (χ4v) is 1.47. The molecule has 1 aliphatic carbocycles. The third-order valence-electron chi connectivity index (χ3n) is 2.26. The molecular weight excluding hydrogens is 156 g/mol. The Hall–Kier alpha value is -1.30. The minimum atomic E-state index is 0.443. The molecule has 0 atom stereocenters. The molecule has 0 aliphatic heterocycles. The molecule has 0 saturated heterocycles. The predicted octanol–water partition coefficient (Wildman–Crippen LogP) is 3.29. The first-order chi connectivity index (χ1) is 6.36. The molecule has 0 bridgehead atoms. The second kappa shape index (κ2) is 3.61. The molecule has 0 heteroatoms. The normalized spacial score (nSPS) is 17.9. The second-order valence-corrected chi connectivity index (χ2v) is 3.32. The summed E-state index contributed by atoms with van der Waals surface area (Å²) in [6, 6.07) is 11.2. The van der Waals surface area contributed by atoms with Crippen LogP contribution in [0.15, 0.2) is 48.6 Å². The van der Waals surface area contributed by atoms with E-state index in [0.29, 0.717) is 5.92 Å². The number of allylic oxidation sites excluding steroid dienone is 4. The molecule has 0 N–H and O–H groups in total. The Balaban J connectivity index is 2.20. The van der Waals surface area contributed by atoms with Gasteiger partial charge in [-0.15, -0.1) is 0 Å². The predicted molar refractivity (Wildman–Crippen MR) is 55.2 cm³/mol. The van der Waals surface area contributed by atoms with E-state index in [1.165, 1.54) is 11.5 Å². The van der Waals surface area contributed by atoms with Crippen LogP contribution >= 0.6 is 0 Å². The fourth-order valence-electron chi connectivity index (χ4n) is 1.47. The van der Waals surface area contributed by atoms with E-state index in [1.807, 2.05) is 12.1 Å². The highest BCUT2D eigenvalue weighted by atomic mass is 14.1. The summed E-state index contributed by atoms with van der Waals surface area (Å²) in [6.45, 7) is 2.11. The second-order valence-electron chi connectivity index (χ2n) is 3.32. The summed E-state index contributed by atoms with van der Waals surface area (Å²) in [5.41, 5.74) is 1.33. The van der Waals surface area contributed by atoms with Crippen molar-refractivity contribution in [3.63, 3.8) is 0 Å². The van der Waals surface area contributed by atoms with Gasteiger partial charge < -0.3 is 0 Å². The van der Waals surface area contributed by atoms with Crippen molar-refractivity contribution >= 4 is 0 Å². The Morgan fingerprint density at radius 2 is 1.69 bits per heavy atom. The van der Waals surface area contributed by atoms with Gasteiger partial charge in [0.15, 0.2) is 0 Å². The van der Waals surface area contributed by atoms with Crippen LogP contribution in [0.25, 0.3) is 0 Å². The molecule has 64 valence electrons. The Bertz CT molecular complexity index is 305. The molecule has 0 aromatic heterocycles. The first-order valence-corrected chi connectivity index (χ1v) is 4.52. The Morgan fingerprint density at radius 3 is 2.31 bits per heavy atom. The molecule has 0 spiro atoms. The first-order valence-electron chi connectivity index (χ1n) is 4.52. The van der Waals surface area contributed by atoms with Gasteiger partial charge in [-0.1, -0.05) is 55.5 Å².